The van der Waals surface area contributed by atoms with Crippen molar-refractivity contribution < 1.29 is 9.59 Å². The van der Waals surface area contributed by atoms with Crippen LogP contribution in [0.25, 0.3) is 0 Å². The van der Waals surface area contributed by atoms with Crippen LogP contribution in [-0.2, 0) is 4.79 Å². The minimum Gasteiger partial charge on any atom is -0.374 e. The first-order valence-corrected chi connectivity index (χ1v) is 8.94. The lowest BCUT2D eigenvalue weighted by molar-refractivity contribution is -0.116. The summed E-state index contributed by atoms with van der Waals surface area (Å²) in [5.74, 6) is 0.0957. The SMILES string of the molecule is CCC(C)c1ccccc1NC(=O)C(C)Nc1cccc(C(=O)NC)c1. The molecule has 2 amide bonds. The molecule has 0 saturated carbocycles. The highest BCUT2D eigenvalue weighted by Crippen LogP contribution is 2.26. The fraction of sp³-hybridized carbons (Fsp3) is 0.333. The summed E-state index contributed by atoms with van der Waals surface area (Å²) in [4.78, 5) is 24.3. The van der Waals surface area contributed by atoms with E-state index in [1.165, 1.54) is 0 Å². The van der Waals surface area contributed by atoms with Crippen LogP contribution in [0, 0.1) is 0 Å². The van der Waals surface area contributed by atoms with E-state index in [0.717, 1.165) is 23.4 Å². The molecule has 3 N–H and O–H groups in total. The maximum atomic E-state index is 12.6. The number of amides is 2. The molecule has 0 bridgehead atoms. The number of hydrogen-bond acceptors (Lipinski definition) is 3. The van der Waals surface area contributed by atoms with Crippen molar-refractivity contribution in [1.29, 1.82) is 0 Å². The van der Waals surface area contributed by atoms with E-state index >= 15 is 0 Å². The lowest BCUT2D eigenvalue weighted by atomic mass is 9.97. The Balaban J connectivity index is 2.08. The van der Waals surface area contributed by atoms with Crippen LogP contribution < -0.4 is 16.0 Å². The van der Waals surface area contributed by atoms with Crippen LogP contribution >= 0.6 is 0 Å². The molecule has 138 valence electrons. The number of hydrogen-bond donors (Lipinski definition) is 3. The first-order chi connectivity index (χ1) is 12.5. The second-order valence-electron chi connectivity index (χ2n) is 6.41. The van der Waals surface area contributed by atoms with E-state index in [2.05, 4.69) is 35.9 Å². The van der Waals surface area contributed by atoms with Crippen LogP contribution in [0.1, 0.15) is 49.0 Å². The van der Waals surface area contributed by atoms with E-state index < -0.39 is 6.04 Å². The van der Waals surface area contributed by atoms with Crippen molar-refractivity contribution in [2.45, 2.75) is 39.2 Å². The number of rotatable bonds is 7. The van der Waals surface area contributed by atoms with Crippen molar-refractivity contribution in [1.82, 2.24) is 5.32 Å². The number of benzene rings is 2. The summed E-state index contributed by atoms with van der Waals surface area (Å²) in [5, 5.41) is 8.76. The summed E-state index contributed by atoms with van der Waals surface area (Å²) >= 11 is 0. The fourth-order valence-corrected chi connectivity index (χ4v) is 2.71. The maximum Gasteiger partial charge on any atom is 0.251 e. The third kappa shape index (κ3) is 4.85. The van der Waals surface area contributed by atoms with E-state index in [-0.39, 0.29) is 11.8 Å². The summed E-state index contributed by atoms with van der Waals surface area (Å²) in [6, 6.07) is 14.5. The first-order valence-electron chi connectivity index (χ1n) is 8.94. The van der Waals surface area contributed by atoms with Crippen molar-refractivity contribution in [3.05, 3.63) is 59.7 Å². The van der Waals surface area contributed by atoms with Gasteiger partial charge in [-0.05, 0) is 49.1 Å². The molecule has 2 atom stereocenters. The van der Waals surface area contributed by atoms with Crippen LogP contribution in [0.4, 0.5) is 11.4 Å². The van der Waals surface area contributed by atoms with Crippen molar-refractivity contribution in [3.63, 3.8) is 0 Å². The third-order valence-electron chi connectivity index (χ3n) is 4.49. The van der Waals surface area contributed by atoms with Gasteiger partial charge in [0.15, 0.2) is 0 Å². The molecular weight excluding hydrogens is 326 g/mol. The Morgan fingerprint density at radius 1 is 1.04 bits per heavy atom. The molecule has 5 nitrogen and oxygen atoms in total. The summed E-state index contributed by atoms with van der Waals surface area (Å²) in [6.07, 6.45) is 1.01. The van der Waals surface area contributed by atoms with Crippen LogP contribution in [-0.4, -0.2) is 24.9 Å². The highest BCUT2D eigenvalue weighted by atomic mass is 16.2. The van der Waals surface area contributed by atoms with Crippen LogP contribution in [0.15, 0.2) is 48.5 Å². The molecule has 0 heterocycles. The Morgan fingerprint density at radius 3 is 2.46 bits per heavy atom. The molecule has 0 aliphatic heterocycles. The molecule has 0 aliphatic rings. The molecule has 0 saturated heterocycles. The molecule has 0 aliphatic carbocycles. The Kier molecular flexibility index (Phi) is 6.78. The lowest BCUT2D eigenvalue weighted by Crippen LogP contribution is -2.32. The Hall–Kier alpha value is -2.82. The van der Waals surface area contributed by atoms with Gasteiger partial charge in [-0.15, -0.1) is 0 Å². The zero-order valence-electron chi connectivity index (χ0n) is 15.8. The van der Waals surface area contributed by atoms with Crippen LogP contribution in [0.3, 0.4) is 0 Å². The highest BCUT2D eigenvalue weighted by Gasteiger charge is 2.16. The second-order valence-corrected chi connectivity index (χ2v) is 6.41. The van der Waals surface area contributed by atoms with Crippen molar-refractivity contribution in [2.75, 3.05) is 17.7 Å². The van der Waals surface area contributed by atoms with Gasteiger partial charge in [0.25, 0.3) is 5.91 Å². The third-order valence-corrected chi connectivity index (χ3v) is 4.49. The number of nitrogens with one attached hydrogen (secondary N) is 3. The summed E-state index contributed by atoms with van der Waals surface area (Å²) in [5.41, 5.74) is 3.26. The van der Waals surface area contributed by atoms with Crippen molar-refractivity contribution in [2.24, 2.45) is 0 Å². The summed E-state index contributed by atoms with van der Waals surface area (Å²) in [7, 11) is 1.59. The number of carbonyl (C=O) groups excluding carboxylic acids is 2. The average Bonchev–Trinajstić information content (AvgIpc) is 2.67. The van der Waals surface area contributed by atoms with Crippen molar-refractivity contribution in [3.8, 4) is 0 Å². The predicted octanol–water partition coefficient (Wildman–Crippen LogP) is 4.00. The van der Waals surface area contributed by atoms with E-state index in [0.29, 0.717) is 11.5 Å². The molecule has 2 aromatic rings. The quantitative estimate of drug-likeness (QED) is 0.705. The van der Waals surface area contributed by atoms with Crippen LogP contribution in [0.2, 0.25) is 0 Å². The molecule has 5 heteroatoms. The maximum absolute atomic E-state index is 12.6. The van der Waals surface area contributed by atoms with Gasteiger partial charge in [-0.2, -0.15) is 0 Å². The average molecular weight is 353 g/mol. The van der Waals surface area contributed by atoms with Gasteiger partial charge in [0.2, 0.25) is 5.91 Å². The molecule has 2 aromatic carbocycles. The zero-order chi connectivity index (χ0) is 19.1. The molecular formula is C21H27N3O2. The van der Waals surface area contributed by atoms with E-state index in [9.17, 15) is 9.59 Å². The van der Waals surface area contributed by atoms with Gasteiger partial charge < -0.3 is 16.0 Å². The van der Waals surface area contributed by atoms with E-state index in [4.69, 9.17) is 0 Å². The molecule has 0 spiro atoms. The number of para-hydroxylation sites is 1. The molecule has 2 rings (SSSR count). The van der Waals surface area contributed by atoms with Gasteiger partial charge in [0.1, 0.15) is 6.04 Å². The number of carbonyl (C=O) groups is 2. The lowest BCUT2D eigenvalue weighted by Gasteiger charge is -2.19. The normalized spacial score (nSPS) is 12.8. The predicted molar refractivity (Wildman–Crippen MR) is 107 cm³/mol. The fourth-order valence-electron chi connectivity index (χ4n) is 2.71. The molecule has 0 fully saturated rings. The first kappa shape index (κ1) is 19.5. The smallest absolute Gasteiger partial charge is 0.251 e. The number of anilines is 2. The zero-order valence-corrected chi connectivity index (χ0v) is 15.8. The van der Waals surface area contributed by atoms with E-state index in [1.54, 1.807) is 32.2 Å². The van der Waals surface area contributed by atoms with Gasteiger partial charge in [0.05, 0.1) is 0 Å². The monoisotopic (exact) mass is 353 g/mol. The highest BCUT2D eigenvalue weighted by molar-refractivity contribution is 5.98. The largest absolute Gasteiger partial charge is 0.374 e. The minimum absolute atomic E-state index is 0.119. The second kappa shape index (κ2) is 9.04. The van der Waals surface area contributed by atoms with Crippen LogP contribution in [0.5, 0.6) is 0 Å². The molecule has 26 heavy (non-hydrogen) atoms. The van der Waals surface area contributed by atoms with Gasteiger partial charge >= 0.3 is 0 Å². The van der Waals surface area contributed by atoms with Gasteiger partial charge in [-0.25, -0.2) is 0 Å². The topological polar surface area (TPSA) is 70.2 Å². The summed E-state index contributed by atoms with van der Waals surface area (Å²) in [6.45, 7) is 6.08. The standard InChI is InChI=1S/C21H27N3O2/c1-5-14(2)18-11-6-7-12-19(18)24-20(25)15(3)23-17-10-8-9-16(13-17)21(26)22-4/h6-15,23H,5H2,1-4H3,(H,22,26)(H,24,25). The Bertz CT molecular complexity index is 773. The van der Waals surface area contributed by atoms with E-state index in [1.807, 2.05) is 24.3 Å². The summed E-state index contributed by atoms with van der Waals surface area (Å²) < 4.78 is 0. The van der Waals surface area contributed by atoms with Gasteiger partial charge in [0, 0.05) is 24.0 Å². The molecule has 2 unspecified atom stereocenters. The van der Waals surface area contributed by atoms with Gasteiger partial charge in [-0.1, -0.05) is 38.1 Å². The Morgan fingerprint density at radius 2 is 1.77 bits per heavy atom. The molecule has 0 radical (unpaired) electrons. The molecule has 0 aromatic heterocycles. The minimum atomic E-state index is -0.445. The Labute approximate surface area is 155 Å². The van der Waals surface area contributed by atoms with Gasteiger partial charge in [-0.3, -0.25) is 9.59 Å². The van der Waals surface area contributed by atoms with Crippen molar-refractivity contribution >= 4 is 23.2 Å².